The lowest BCUT2D eigenvalue weighted by molar-refractivity contribution is -0.245. The van der Waals surface area contributed by atoms with E-state index in [0.29, 0.717) is 24.7 Å². The molecule has 3 aromatic rings. The molecule has 326 valence electrons. The molecule has 0 saturated carbocycles. The van der Waals surface area contributed by atoms with Gasteiger partial charge < -0.3 is 39.3 Å². The van der Waals surface area contributed by atoms with Gasteiger partial charge in [0.25, 0.3) is 17.9 Å². The number of pyridine rings is 1. The predicted molar refractivity (Wildman–Crippen MR) is 222 cm³/mol. The Morgan fingerprint density at radius 1 is 0.967 bits per heavy atom. The van der Waals surface area contributed by atoms with Crippen molar-refractivity contribution in [3.05, 3.63) is 41.5 Å². The molecular formula is C40H54N8O11S. The molecule has 2 aromatic heterocycles. The third-order valence-corrected chi connectivity index (χ3v) is 9.41. The van der Waals surface area contributed by atoms with Gasteiger partial charge in [-0.3, -0.25) is 19.7 Å². The van der Waals surface area contributed by atoms with Crippen molar-refractivity contribution < 1.29 is 52.6 Å². The highest BCUT2D eigenvalue weighted by Crippen LogP contribution is 2.32. The molecule has 2 fully saturated rings. The number of ether oxygens (including phenoxy) is 4. The van der Waals surface area contributed by atoms with Crippen LogP contribution in [-0.2, 0) is 38.3 Å². The van der Waals surface area contributed by atoms with Crippen LogP contribution >= 0.6 is 11.3 Å². The number of carbonyl (C=O) groups excluding carboxylic acids is 5. The summed E-state index contributed by atoms with van der Waals surface area (Å²) in [4.78, 5) is 86.4. The third-order valence-electron chi connectivity index (χ3n) is 8.66. The zero-order chi connectivity index (χ0) is 44.4. The molecule has 4 amide bonds. The van der Waals surface area contributed by atoms with Crippen molar-refractivity contribution in [1.82, 2.24) is 25.2 Å². The number of hydrogen-bond donors (Lipinski definition) is 3. The maximum Gasteiger partial charge on any atom is 0.413 e. The zero-order valence-electron chi connectivity index (χ0n) is 36.0. The number of β-lactam (4-membered cyclic amide) rings is 1. The molecular weight excluding hydrogens is 801 g/mol. The second kappa shape index (κ2) is 17.5. The van der Waals surface area contributed by atoms with E-state index in [1.165, 1.54) is 12.5 Å². The summed E-state index contributed by atoms with van der Waals surface area (Å²) in [5.41, 5.74) is -3.65. The fourth-order valence-corrected chi connectivity index (χ4v) is 6.63. The SMILES string of the molecule is CON1C(=O)C(NC(=O)/C(=N\O[C@@H](COc2ccc3c(NC4CN(C(=O)OC(C)(C)C)C4)nccc3c2)C(=O)OC(C)(C)C)c2csc(NC(=O)OC(C)(C)C)n2)C1(C)C. The van der Waals surface area contributed by atoms with Gasteiger partial charge in [0.15, 0.2) is 10.8 Å². The number of fused-ring (bicyclic) bond motifs is 1. The van der Waals surface area contributed by atoms with Crippen molar-refractivity contribution in [2.45, 2.75) is 117 Å². The number of likely N-dealkylation sites (tertiary alicyclic amines) is 1. The van der Waals surface area contributed by atoms with Gasteiger partial charge in [-0.2, -0.15) is 0 Å². The van der Waals surface area contributed by atoms with E-state index in [9.17, 15) is 24.0 Å². The molecule has 20 heteroatoms. The summed E-state index contributed by atoms with van der Waals surface area (Å²) in [5, 5.41) is 16.9. The molecule has 0 bridgehead atoms. The fraction of sp³-hybridized carbons (Fsp3) is 0.550. The van der Waals surface area contributed by atoms with Gasteiger partial charge in [-0.1, -0.05) is 5.16 Å². The highest BCUT2D eigenvalue weighted by atomic mass is 32.1. The Morgan fingerprint density at radius 3 is 2.25 bits per heavy atom. The maximum absolute atomic E-state index is 13.9. The average molecular weight is 855 g/mol. The topological polar surface area (TPSA) is 221 Å². The maximum atomic E-state index is 13.9. The Balaban J connectivity index is 1.35. The summed E-state index contributed by atoms with van der Waals surface area (Å²) in [6, 6.07) is 6.05. The van der Waals surface area contributed by atoms with Crippen molar-refractivity contribution in [1.29, 1.82) is 0 Å². The number of oxime groups is 1. The molecule has 1 aromatic carbocycles. The van der Waals surface area contributed by atoms with Crippen molar-refractivity contribution >= 4 is 68.7 Å². The number of hydrogen-bond acceptors (Lipinski definition) is 16. The van der Waals surface area contributed by atoms with Gasteiger partial charge in [0, 0.05) is 30.1 Å². The zero-order valence-corrected chi connectivity index (χ0v) is 36.8. The molecule has 3 N–H and O–H groups in total. The van der Waals surface area contributed by atoms with E-state index < -0.39 is 70.7 Å². The van der Waals surface area contributed by atoms with E-state index in [0.717, 1.165) is 27.2 Å². The van der Waals surface area contributed by atoms with E-state index >= 15 is 0 Å². The fourth-order valence-electron chi connectivity index (χ4n) is 5.95. The van der Waals surface area contributed by atoms with Crippen LogP contribution in [0.25, 0.3) is 10.8 Å². The molecule has 19 nitrogen and oxygen atoms in total. The Bertz CT molecular complexity index is 2130. The van der Waals surface area contributed by atoms with Gasteiger partial charge in [-0.15, -0.1) is 11.3 Å². The number of benzene rings is 1. The molecule has 4 heterocycles. The average Bonchev–Trinajstić information content (AvgIpc) is 3.54. The number of nitrogens with zero attached hydrogens (tertiary/aromatic N) is 5. The van der Waals surface area contributed by atoms with Crippen LogP contribution < -0.4 is 20.7 Å². The minimum atomic E-state index is -1.49. The number of esters is 1. The molecule has 0 spiro atoms. The Hall–Kier alpha value is -5.76. The summed E-state index contributed by atoms with van der Waals surface area (Å²) in [6.07, 6.45) is -0.989. The monoisotopic (exact) mass is 854 g/mol. The van der Waals surface area contributed by atoms with Gasteiger partial charge in [0.1, 0.15) is 46.7 Å². The van der Waals surface area contributed by atoms with Crippen molar-refractivity contribution in [2.75, 3.05) is 37.4 Å². The Kier molecular flexibility index (Phi) is 13.2. The summed E-state index contributed by atoms with van der Waals surface area (Å²) in [5.74, 6) is -1.19. The van der Waals surface area contributed by atoms with Gasteiger partial charge in [0.2, 0.25) is 0 Å². The first-order valence-electron chi connectivity index (χ1n) is 19.2. The van der Waals surface area contributed by atoms with Crippen molar-refractivity contribution in [3.63, 3.8) is 0 Å². The second-order valence-electron chi connectivity index (χ2n) is 17.7. The van der Waals surface area contributed by atoms with Gasteiger partial charge in [-0.05, 0) is 106 Å². The van der Waals surface area contributed by atoms with Crippen molar-refractivity contribution in [2.24, 2.45) is 5.16 Å². The Morgan fingerprint density at radius 2 is 1.63 bits per heavy atom. The minimum absolute atomic E-state index is 0.0244. The number of anilines is 2. The van der Waals surface area contributed by atoms with Crippen LogP contribution in [-0.4, -0.2) is 123 Å². The van der Waals surface area contributed by atoms with E-state index in [2.05, 4.69) is 31.1 Å². The van der Waals surface area contributed by atoms with Crippen LogP contribution in [0.4, 0.5) is 20.5 Å². The smallest absolute Gasteiger partial charge is 0.413 e. The lowest BCUT2D eigenvalue weighted by Crippen LogP contribution is -2.76. The van der Waals surface area contributed by atoms with Gasteiger partial charge in [-0.25, -0.2) is 29.4 Å². The van der Waals surface area contributed by atoms with Crippen molar-refractivity contribution in [3.8, 4) is 5.75 Å². The summed E-state index contributed by atoms with van der Waals surface area (Å²) < 4.78 is 22.4. The molecule has 5 rings (SSSR count). The number of carbonyl (C=O) groups is 5. The van der Waals surface area contributed by atoms with Crippen LogP contribution in [0.2, 0.25) is 0 Å². The van der Waals surface area contributed by atoms with Crippen LogP contribution in [0.15, 0.2) is 41.0 Å². The third kappa shape index (κ3) is 11.5. The molecule has 2 saturated heterocycles. The summed E-state index contributed by atoms with van der Waals surface area (Å²) in [7, 11) is 1.34. The largest absolute Gasteiger partial charge is 0.489 e. The lowest BCUT2D eigenvalue weighted by Gasteiger charge is -2.51. The molecule has 1 unspecified atom stereocenters. The number of aromatic nitrogens is 2. The van der Waals surface area contributed by atoms with E-state index in [1.807, 2.05) is 26.8 Å². The number of rotatable bonds is 13. The highest BCUT2D eigenvalue weighted by molar-refractivity contribution is 7.14. The molecule has 60 heavy (non-hydrogen) atoms. The number of amides is 4. The first kappa shape index (κ1) is 45.3. The van der Waals surface area contributed by atoms with Gasteiger partial charge >= 0.3 is 18.2 Å². The van der Waals surface area contributed by atoms with Gasteiger partial charge in [0.05, 0.1) is 18.7 Å². The quantitative estimate of drug-likeness (QED) is 0.0658. The lowest BCUT2D eigenvalue weighted by atomic mass is 9.84. The van der Waals surface area contributed by atoms with Crippen LogP contribution in [0.3, 0.4) is 0 Å². The van der Waals surface area contributed by atoms with E-state index in [4.69, 9.17) is 28.6 Å². The molecule has 0 aliphatic carbocycles. The van der Waals surface area contributed by atoms with Crippen LogP contribution in [0.5, 0.6) is 5.75 Å². The minimum Gasteiger partial charge on any atom is -0.489 e. The first-order valence-corrected chi connectivity index (χ1v) is 20.1. The molecule has 0 radical (unpaired) electrons. The molecule has 2 aliphatic rings. The molecule has 2 atom stereocenters. The summed E-state index contributed by atoms with van der Waals surface area (Å²) >= 11 is 0.980. The normalized spacial score (nSPS) is 17.5. The number of thiazole rings is 1. The first-order chi connectivity index (χ1) is 27.8. The predicted octanol–water partition coefficient (Wildman–Crippen LogP) is 5.25. The number of nitrogens with one attached hydrogen (secondary N) is 3. The summed E-state index contributed by atoms with van der Waals surface area (Å²) in [6.45, 7) is 19.6. The molecule has 2 aliphatic heterocycles. The highest BCUT2D eigenvalue weighted by Gasteiger charge is 2.56. The number of hydroxylamine groups is 2. The van der Waals surface area contributed by atoms with E-state index in [1.54, 1.807) is 84.7 Å². The Labute approximate surface area is 352 Å². The second-order valence-corrected chi connectivity index (χ2v) is 18.5. The standard InChI is InChI=1S/C40H54N8O11S/c1-37(2,3)56-33(51)27(20-55-24-13-14-25-22(17-24)15-16-41-30(25)42-23-18-47(19-23)36(53)58-39(7,8)9)59-46-28(31(49)44-29-32(50)48(54-12)40(29,10)11)26-21-60-34(43-26)45-35(52)57-38(4,5)6/h13-17,21,23,27,29H,18-20H2,1-12H3,(H,41,42)(H,44,49)(H,43,45,52)/b46-28-/t27-,29?/m0/s1. The van der Waals surface area contributed by atoms with Crippen LogP contribution in [0.1, 0.15) is 81.9 Å². The van der Waals surface area contributed by atoms with Crippen LogP contribution in [0, 0.1) is 0 Å². The van der Waals surface area contributed by atoms with E-state index in [-0.39, 0.29) is 23.0 Å².